The molecule has 2 fully saturated rings. The molecule has 2 aliphatic rings. The van der Waals surface area contributed by atoms with E-state index in [-0.39, 0.29) is 11.9 Å². The lowest BCUT2D eigenvalue weighted by atomic mass is 10.2. The predicted molar refractivity (Wildman–Crippen MR) is 128 cm³/mol. The third-order valence-corrected chi connectivity index (χ3v) is 6.20. The first kappa shape index (κ1) is 21.5. The molecule has 3 heterocycles. The second kappa shape index (κ2) is 9.58. The van der Waals surface area contributed by atoms with Crippen molar-refractivity contribution in [1.82, 2.24) is 15.2 Å². The number of carbonyl (C=O) groups excluding carboxylic acids is 1. The molecule has 31 heavy (non-hydrogen) atoms. The Kier molecular flexibility index (Phi) is 6.63. The van der Waals surface area contributed by atoms with Crippen LogP contribution in [0.5, 0.6) is 0 Å². The summed E-state index contributed by atoms with van der Waals surface area (Å²) in [7, 11) is 2.16. The number of amides is 1. The van der Waals surface area contributed by atoms with Gasteiger partial charge in [-0.05, 0) is 43.8 Å². The van der Waals surface area contributed by atoms with Crippen molar-refractivity contribution in [2.45, 2.75) is 12.5 Å². The summed E-state index contributed by atoms with van der Waals surface area (Å²) in [6.07, 6.45) is 3.85. The number of pyridine rings is 1. The second-order valence-corrected chi connectivity index (χ2v) is 8.53. The van der Waals surface area contributed by atoms with Crippen molar-refractivity contribution in [2.24, 2.45) is 0 Å². The molecule has 164 valence electrons. The van der Waals surface area contributed by atoms with Gasteiger partial charge in [0.25, 0.3) is 0 Å². The number of nitrogens with zero attached hydrogens (tertiary/aromatic N) is 4. The van der Waals surface area contributed by atoms with E-state index in [2.05, 4.69) is 68.2 Å². The molecule has 0 radical (unpaired) electrons. The number of hydrogen-bond acceptors (Lipinski definition) is 6. The van der Waals surface area contributed by atoms with Gasteiger partial charge in [-0.2, -0.15) is 0 Å². The molecule has 1 atom stereocenters. The Morgan fingerprint density at radius 2 is 1.90 bits per heavy atom. The Balaban J connectivity index is 1.40. The molecule has 1 amide bonds. The van der Waals surface area contributed by atoms with Gasteiger partial charge >= 0.3 is 0 Å². The first-order valence-corrected chi connectivity index (χ1v) is 11.0. The van der Waals surface area contributed by atoms with Crippen LogP contribution in [0, 0.1) is 0 Å². The number of aromatic nitrogens is 1. The zero-order valence-electron chi connectivity index (χ0n) is 17.9. The summed E-state index contributed by atoms with van der Waals surface area (Å²) < 4.78 is 0. The van der Waals surface area contributed by atoms with Crippen molar-refractivity contribution in [1.29, 1.82) is 0 Å². The van der Waals surface area contributed by atoms with Gasteiger partial charge in [-0.3, -0.25) is 4.79 Å². The first-order chi connectivity index (χ1) is 15.0. The van der Waals surface area contributed by atoms with Gasteiger partial charge in [0.1, 0.15) is 5.82 Å². The summed E-state index contributed by atoms with van der Waals surface area (Å²) in [6, 6.07) is 10.5. The molecule has 1 aromatic heterocycles. The highest BCUT2D eigenvalue weighted by Crippen LogP contribution is 2.31. The van der Waals surface area contributed by atoms with Crippen LogP contribution in [0.1, 0.15) is 6.42 Å². The van der Waals surface area contributed by atoms with Crippen LogP contribution in [0.3, 0.4) is 0 Å². The number of hydrogen-bond donors (Lipinski definition) is 2. The van der Waals surface area contributed by atoms with E-state index in [1.807, 2.05) is 6.07 Å². The summed E-state index contributed by atoms with van der Waals surface area (Å²) in [5, 5.41) is 6.94. The van der Waals surface area contributed by atoms with Gasteiger partial charge in [0.05, 0.1) is 16.9 Å². The monoisotopic (exact) mass is 440 g/mol. The quantitative estimate of drug-likeness (QED) is 0.673. The SMILES string of the molecule is C=CC(=O)N[C@H]1CCN(c2cc(Nc3ccc(N4CCN(C)CC4)cc3)ncc2Cl)C1. The Morgan fingerprint density at radius 1 is 1.16 bits per heavy atom. The van der Waals surface area contributed by atoms with Crippen molar-refractivity contribution in [3.05, 3.63) is 54.2 Å². The van der Waals surface area contributed by atoms with Gasteiger partial charge in [-0.15, -0.1) is 0 Å². The summed E-state index contributed by atoms with van der Waals surface area (Å²) in [5.74, 6) is 0.598. The summed E-state index contributed by atoms with van der Waals surface area (Å²) in [5.41, 5.74) is 3.15. The van der Waals surface area contributed by atoms with Gasteiger partial charge in [-0.1, -0.05) is 18.2 Å². The Bertz CT molecular complexity index is 926. The Morgan fingerprint density at radius 3 is 2.61 bits per heavy atom. The molecule has 4 rings (SSSR count). The highest BCUT2D eigenvalue weighted by atomic mass is 35.5. The van der Waals surface area contributed by atoms with E-state index in [9.17, 15) is 4.79 Å². The number of anilines is 4. The molecular weight excluding hydrogens is 412 g/mol. The fourth-order valence-electron chi connectivity index (χ4n) is 4.06. The fraction of sp³-hybridized carbons (Fsp3) is 0.391. The second-order valence-electron chi connectivity index (χ2n) is 8.13. The van der Waals surface area contributed by atoms with Crippen molar-refractivity contribution in [3.63, 3.8) is 0 Å². The molecular formula is C23H29ClN6O. The maximum atomic E-state index is 11.6. The van der Waals surface area contributed by atoms with Crippen LogP contribution in [0.2, 0.25) is 5.02 Å². The lowest BCUT2D eigenvalue weighted by Crippen LogP contribution is -2.44. The molecule has 0 spiro atoms. The smallest absolute Gasteiger partial charge is 0.243 e. The molecule has 0 unspecified atom stereocenters. The minimum absolute atomic E-state index is 0.0910. The molecule has 8 heteroatoms. The molecule has 0 aliphatic carbocycles. The normalized spacial score (nSPS) is 19.4. The van der Waals surface area contributed by atoms with E-state index in [0.29, 0.717) is 11.6 Å². The third kappa shape index (κ3) is 5.29. The van der Waals surface area contributed by atoms with Crippen LogP contribution in [0.25, 0.3) is 0 Å². The molecule has 2 aliphatic heterocycles. The van der Waals surface area contributed by atoms with Crippen LogP contribution in [-0.4, -0.2) is 68.1 Å². The minimum Gasteiger partial charge on any atom is -0.369 e. The topological polar surface area (TPSA) is 63.7 Å². The largest absolute Gasteiger partial charge is 0.369 e. The average Bonchev–Trinajstić information content (AvgIpc) is 3.24. The number of nitrogens with one attached hydrogen (secondary N) is 2. The lowest BCUT2D eigenvalue weighted by Gasteiger charge is -2.34. The van der Waals surface area contributed by atoms with Gasteiger partial charge in [-0.25, -0.2) is 4.98 Å². The number of likely N-dealkylation sites (N-methyl/N-ethyl adjacent to an activating group) is 1. The van der Waals surface area contributed by atoms with Crippen LogP contribution in [0.15, 0.2) is 49.2 Å². The van der Waals surface area contributed by atoms with Crippen molar-refractivity contribution < 1.29 is 4.79 Å². The van der Waals surface area contributed by atoms with E-state index in [1.54, 1.807) is 6.20 Å². The van der Waals surface area contributed by atoms with E-state index in [4.69, 9.17) is 11.6 Å². The maximum Gasteiger partial charge on any atom is 0.243 e. The van der Waals surface area contributed by atoms with Crippen molar-refractivity contribution >= 4 is 40.4 Å². The van der Waals surface area contributed by atoms with E-state index < -0.39 is 0 Å². The molecule has 2 N–H and O–H groups in total. The van der Waals surface area contributed by atoms with Crippen LogP contribution < -0.4 is 20.4 Å². The number of carbonyl (C=O) groups is 1. The number of benzene rings is 1. The molecule has 0 bridgehead atoms. The third-order valence-electron chi connectivity index (χ3n) is 5.90. The highest BCUT2D eigenvalue weighted by molar-refractivity contribution is 6.33. The molecule has 2 saturated heterocycles. The van der Waals surface area contributed by atoms with E-state index in [1.165, 1.54) is 11.8 Å². The number of piperazine rings is 1. The highest BCUT2D eigenvalue weighted by Gasteiger charge is 2.25. The number of halogens is 1. The minimum atomic E-state index is -0.143. The van der Waals surface area contributed by atoms with Crippen LogP contribution >= 0.6 is 11.6 Å². The van der Waals surface area contributed by atoms with Gasteiger partial charge in [0.2, 0.25) is 5.91 Å². The first-order valence-electron chi connectivity index (χ1n) is 10.7. The summed E-state index contributed by atoms with van der Waals surface area (Å²) >= 11 is 6.43. The van der Waals surface area contributed by atoms with Crippen LogP contribution in [-0.2, 0) is 4.79 Å². The zero-order valence-corrected chi connectivity index (χ0v) is 18.6. The molecule has 1 aromatic carbocycles. The predicted octanol–water partition coefficient (Wildman–Crippen LogP) is 3.11. The average molecular weight is 441 g/mol. The fourth-order valence-corrected chi connectivity index (χ4v) is 4.29. The van der Waals surface area contributed by atoms with E-state index >= 15 is 0 Å². The molecule has 2 aromatic rings. The summed E-state index contributed by atoms with van der Waals surface area (Å²) in [6.45, 7) is 9.33. The van der Waals surface area contributed by atoms with Crippen LogP contribution in [0.4, 0.5) is 22.9 Å². The lowest BCUT2D eigenvalue weighted by molar-refractivity contribution is -0.117. The van der Waals surface area contributed by atoms with Crippen molar-refractivity contribution in [3.8, 4) is 0 Å². The Hall–Kier alpha value is -2.77. The number of rotatable bonds is 6. The summed E-state index contributed by atoms with van der Waals surface area (Å²) in [4.78, 5) is 23.0. The molecule has 7 nitrogen and oxygen atoms in total. The molecule has 0 saturated carbocycles. The zero-order chi connectivity index (χ0) is 21.8. The Labute approximate surface area is 188 Å². The van der Waals surface area contributed by atoms with Gasteiger partial charge in [0.15, 0.2) is 0 Å². The standard InChI is InChI=1S/C23H29ClN6O/c1-3-23(31)27-18-8-9-30(16-18)21-14-22(25-15-20(21)24)26-17-4-6-19(7-5-17)29-12-10-28(2)11-13-29/h3-7,14-15,18H,1,8-13,16H2,2H3,(H,25,26)(H,27,31)/t18-/m0/s1. The van der Waals surface area contributed by atoms with Gasteiger partial charge < -0.3 is 25.3 Å². The van der Waals surface area contributed by atoms with Gasteiger partial charge in [0, 0.05) is 62.8 Å². The maximum absolute atomic E-state index is 11.6. The van der Waals surface area contributed by atoms with E-state index in [0.717, 1.165) is 56.3 Å². The van der Waals surface area contributed by atoms with Crippen molar-refractivity contribution in [2.75, 3.05) is 61.4 Å².